The van der Waals surface area contributed by atoms with Crippen LogP contribution < -0.4 is 5.32 Å². The first-order valence-corrected chi connectivity index (χ1v) is 7.85. The van der Waals surface area contributed by atoms with Crippen molar-refractivity contribution in [2.45, 2.75) is 33.7 Å². The molecule has 1 N–H and O–H groups in total. The lowest BCUT2D eigenvalue weighted by Gasteiger charge is -2.08. The lowest BCUT2D eigenvalue weighted by Crippen LogP contribution is -2.10. The molecule has 0 fully saturated rings. The van der Waals surface area contributed by atoms with Crippen LogP contribution in [0.25, 0.3) is 10.2 Å². The molecule has 0 aliphatic carbocycles. The van der Waals surface area contributed by atoms with Crippen LogP contribution in [0.2, 0.25) is 0 Å². The monoisotopic (exact) mass is 302 g/mol. The number of nitrogens with zero attached hydrogens (tertiary/aromatic N) is 5. The molecule has 110 valence electrons. The highest BCUT2D eigenvalue weighted by atomic mass is 32.1. The Morgan fingerprint density at radius 3 is 2.76 bits per heavy atom. The second kappa shape index (κ2) is 5.77. The summed E-state index contributed by atoms with van der Waals surface area (Å²) in [4.78, 5) is 13.2. The van der Waals surface area contributed by atoms with Gasteiger partial charge in [0, 0.05) is 13.1 Å². The number of anilines is 1. The number of fused-ring (bicyclic) bond motifs is 1. The fraction of sp³-hybridized carbons (Fsp3) is 0.429. The van der Waals surface area contributed by atoms with E-state index >= 15 is 0 Å². The van der Waals surface area contributed by atoms with Gasteiger partial charge in [0.1, 0.15) is 23.3 Å². The van der Waals surface area contributed by atoms with Gasteiger partial charge in [0.05, 0.1) is 10.2 Å². The van der Waals surface area contributed by atoms with Crippen LogP contribution in [0.4, 0.5) is 5.82 Å². The maximum Gasteiger partial charge on any atom is 0.147 e. The van der Waals surface area contributed by atoms with Crippen LogP contribution in [-0.2, 0) is 6.54 Å². The smallest absolute Gasteiger partial charge is 0.147 e. The van der Waals surface area contributed by atoms with E-state index in [1.54, 1.807) is 11.3 Å². The van der Waals surface area contributed by atoms with Crippen molar-refractivity contribution in [2.24, 2.45) is 0 Å². The zero-order valence-corrected chi connectivity index (χ0v) is 13.2. The number of rotatable bonds is 5. The third-order valence-electron chi connectivity index (χ3n) is 3.22. The molecule has 0 spiro atoms. The van der Waals surface area contributed by atoms with Gasteiger partial charge in [0.15, 0.2) is 0 Å². The van der Waals surface area contributed by atoms with Crippen LogP contribution in [-0.4, -0.2) is 31.3 Å². The van der Waals surface area contributed by atoms with Crippen molar-refractivity contribution in [3.8, 4) is 0 Å². The number of hydrogen-bond donors (Lipinski definition) is 1. The van der Waals surface area contributed by atoms with Gasteiger partial charge in [0.25, 0.3) is 0 Å². The van der Waals surface area contributed by atoms with Crippen molar-refractivity contribution in [3.05, 3.63) is 28.9 Å². The van der Waals surface area contributed by atoms with Gasteiger partial charge in [-0.05, 0) is 38.6 Å². The molecule has 0 saturated carbocycles. The summed E-state index contributed by atoms with van der Waals surface area (Å²) in [5, 5.41) is 9.82. The van der Waals surface area contributed by atoms with Crippen molar-refractivity contribution in [3.63, 3.8) is 0 Å². The molecule has 7 heteroatoms. The molecule has 3 aromatic rings. The minimum absolute atomic E-state index is 0.797. The van der Waals surface area contributed by atoms with E-state index in [9.17, 15) is 0 Å². The second-order valence-electron chi connectivity index (χ2n) is 4.96. The van der Waals surface area contributed by atoms with Crippen LogP contribution >= 0.6 is 11.3 Å². The third kappa shape index (κ3) is 3.02. The van der Waals surface area contributed by atoms with Crippen LogP contribution in [0.5, 0.6) is 0 Å². The van der Waals surface area contributed by atoms with E-state index in [0.29, 0.717) is 0 Å². The van der Waals surface area contributed by atoms with Gasteiger partial charge < -0.3 is 5.32 Å². The summed E-state index contributed by atoms with van der Waals surface area (Å²) in [7, 11) is 0. The number of hydrogen-bond acceptors (Lipinski definition) is 6. The summed E-state index contributed by atoms with van der Waals surface area (Å²) < 4.78 is 3.07. The first kappa shape index (κ1) is 13.9. The molecule has 21 heavy (non-hydrogen) atoms. The Morgan fingerprint density at radius 2 is 2.00 bits per heavy atom. The largest absolute Gasteiger partial charge is 0.369 e. The normalized spacial score (nSPS) is 11.2. The van der Waals surface area contributed by atoms with Gasteiger partial charge in [-0.25, -0.2) is 15.0 Å². The van der Waals surface area contributed by atoms with E-state index in [-0.39, 0.29) is 0 Å². The van der Waals surface area contributed by atoms with Gasteiger partial charge in [0.2, 0.25) is 0 Å². The maximum atomic E-state index is 4.49. The number of aromatic nitrogens is 5. The molecule has 0 unspecified atom stereocenters. The van der Waals surface area contributed by atoms with Crippen LogP contribution in [0, 0.1) is 20.8 Å². The fourth-order valence-electron chi connectivity index (χ4n) is 2.31. The number of aryl methyl sites for hydroxylation is 4. The molecule has 3 rings (SSSR count). The lowest BCUT2D eigenvalue weighted by molar-refractivity contribution is 0.571. The van der Waals surface area contributed by atoms with Gasteiger partial charge in [-0.2, -0.15) is 5.10 Å². The molecule has 6 nitrogen and oxygen atoms in total. The molecule has 0 aliphatic heterocycles. The molecule has 0 atom stereocenters. The van der Waals surface area contributed by atoms with Crippen molar-refractivity contribution >= 4 is 27.4 Å². The predicted octanol–water partition coefficient (Wildman–Crippen LogP) is 2.71. The van der Waals surface area contributed by atoms with Crippen molar-refractivity contribution in [2.75, 3.05) is 11.9 Å². The highest BCUT2D eigenvalue weighted by Gasteiger charge is 2.07. The standard InChI is InChI=1S/C14H18N6S/c1-9-17-12-5-8-21-13(12)14(18-9)15-6-4-7-20-11(3)16-10(2)19-20/h5,8H,4,6-7H2,1-3H3,(H,15,17,18). The molecule has 3 aromatic heterocycles. The zero-order valence-electron chi connectivity index (χ0n) is 12.4. The van der Waals surface area contributed by atoms with Crippen molar-refractivity contribution < 1.29 is 0 Å². The average molecular weight is 302 g/mol. The van der Waals surface area contributed by atoms with E-state index in [2.05, 4.69) is 25.4 Å². The molecular weight excluding hydrogens is 284 g/mol. The topological polar surface area (TPSA) is 68.5 Å². The first-order chi connectivity index (χ1) is 10.1. The number of nitrogens with one attached hydrogen (secondary N) is 1. The molecule has 0 aromatic carbocycles. The maximum absolute atomic E-state index is 4.49. The quantitative estimate of drug-likeness (QED) is 0.734. The molecule has 0 saturated heterocycles. The lowest BCUT2D eigenvalue weighted by atomic mass is 10.4. The fourth-order valence-corrected chi connectivity index (χ4v) is 3.11. The number of thiophene rings is 1. The van der Waals surface area contributed by atoms with Gasteiger partial charge in [-0.1, -0.05) is 0 Å². The SMILES string of the molecule is Cc1nc(NCCCn2nc(C)nc2C)c2sccc2n1. The first-order valence-electron chi connectivity index (χ1n) is 6.97. The summed E-state index contributed by atoms with van der Waals surface area (Å²) in [6.45, 7) is 7.53. The summed E-state index contributed by atoms with van der Waals surface area (Å²) in [5.41, 5.74) is 1.01. The third-order valence-corrected chi connectivity index (χ3v) is 4.13. The second-order valence-corrected chi connectivity index (χ2v) is 5.88. The van der Waals surface area contributed by atoms with Crippen molar-refractivity contribution in [1.29, 1.82) is 0 Å². The van der Waals surface area contributed by atoms with Gasteiger partial charge >= 0.3 is 0 Å². The highest BCUT2D eigenvalue weighted by molar-refractivity contribution is 7.17. The van der Waals surface area contributed by atoms with Crippen LogP contribution in [0.15, 0.2) is 11.4 Å². The minimum Gasteiger partial charge on any atom is -0.369 e. The Bertz CT molecular complexity index is 760. The van der Waals surface area contributed by atoms with E-state index in [1.807, 2.05) is 36.9 Å². The molecule has 3 heterocycles. The molecule has 0 amide bonds. The minimum atomic E-state index is 0.797. The van der Waals surface area contributed by atoms with E-state index < -0.39 is 0 Å². The zero-order chi connectivity index (χ0) is 14.8. The summed E-state index contributed by atoms with van der Waals surface area (Å²) in [6, 6.07) is 2.03. The van der Waals surface area contributed by atoms with Crippen LogP contribution in [0.1, 0.15) is 23.9 Å². The highest BCUT2D eigenvalue weighted by Crippen LogP contribution is 2.25. The average Bonchev–Trinajstić information content (AvgIpc) is 3.01. The Labute approximate surface area is 127 Å². The Kier molecular flexibility index (Phi) is 3.83. The predicted molar refractivity (Wildman–Crippen MR) is 84.8 cm³/mol. The molecule has 0 bridgehead atoms. The van der Waals surface area contributed by atoms with E-state index in [1.165, 1.54) is 0 Å². The summed E-state index contributed by atoms with van der Waals surface area (Å²) in [6.07, 6.45) is 0.972. The van der Waals surface area contributed by atoms with Gasteiger partial charge in [-0.15, -0.1) is 11.3 Å². The van der Waals surface area contributed by atoms with E-state index in [0.717, 1.165) is 53.0 Å². The molecule has 0 aliphatic rings. The molecule has 0 radical (unpaired) electrons. The Hall–Kier alpha value is -2.02. The molecular formula is C14H18N6S. The Balaban J connectivity index is 1.62. The van der Waals surface area contributed by atoms with Gasteiger partial charge in [-0.3, -0.25) is 4.68 Å². The van der Waals surface area contributed by atoms with Crippen LogP contribution in [0.3, 0.4) is 0 Å². The summed E-state index contributed by atoms with van der Waals surface area (Å²) >= 11 is 1.67. The summed E-state index contributed by atoms with van der Waals surface area (Å²) in [5.74, 6) is 3.52. The van der Waals surface area contributed by atoms with Crippen molar-refractivity contribution in [1.82, 2.24) is 24.7 Å². The Morgan fingerprint density at radius 1 is 1.14 bits per heavy atom. The van der Waals surface area contributed by atoms with E-state index in [4.69, 9.17) is 0 Å².